The molecule has 0 unspecified atom stereocenters. The predicted molar refractivity (Wildman–Crippen MR) is 53.3 cm³/mol. The SMILES string of the molecule is COc1cccc2c(CCN)noc12. The van der Waals surface area contributed by atoms with Gasteiger partial charge in [0.1, 0.15) is 0 Å². The molecule has 0 radical (unpaired) electrons. The van der Waals surface area contributed by atoms with Gasteiger partial charge in [-0.25, -0.2) is 0 Å². The van der Waals surface area contributed by atoms with Crippen LogP contribution in [0.15, 0.2) is 22.7 Å². The van der Waals surface area contributed by atoms with Gasteiger partial charge in [-0.3, -0.25) is 0 Å². The van der Waals surface area contributed by atoms with Gasteiger partial charge in [0.15, 0.2) is 5.75 Å². The van der Waals surface area contributed by atoms with Gasteiger partial charge < -0.3 is 15.0 Å². The number of methoxy groups -OCH3 is 1. The summed E-state index contributed by atoms with van der Waals surface area (Å²) < 4.78 is 10.3. The summed E-state index contributed by atoms with van der Waals surface area (Å²) >= 11 is 0. The minimum absolute atomic E-state index is 0.568. The van der Waals surface area contributed by atoms with Crippen molar-refractivity contribution in [2.75, 3.05) is 13.7 Å². The second kappa shape index (κ2) is 3.67. The lowest BCUT2D eigenvalue weighted by atomic mass is 10.1. The first-order valence-electron chi connectivity index (χ1n) is 4.48. The molecule has 0 fully saturated rings. The van der Waals surface area contributed by atoms with E-state index < -0.39 is 0 Å². The number of hydrogen-bond acceptors (Lipinski definition) is 4. The van der Waals surface area contributed by atoms with Crippen LogP contribution in [-0.2, 0) is 6.42 Å². The average Bonchev–Trinajstić information content (AvgIpc) is 2.62. The van der Waals surface area contributed by atoms with E-state index >= 15 is 0 Å². The van der Waals surface area contributed by atoms with Crippen LogP contribution in [0.5, 0.6) is 5.75 Å². The molecule has 4 heteroatoms. The highest BCUT2D eigenvalue weighted by molar-refractivity contribution is 5.84. The van der Waals surface area contributed by atoms with E-state index in [1.165, 1.54) is 0 Å². The molecule has 0 saturated carbocycles. The summed E-state index contributed by atoms with van der Waals surface area (Å²) in [5.41, 5.74) is 7.05. The van der Waals surface area contributed by atoms with Gasteiger partial charge in [-0.2, -0.15) is 0 Å². The van der Waals surface area contributed by atoms with E-state index in [1.807, 2.05) is 18.2 Å². The van der Waals surface area contributed by atoms with E-state index in [9.17, 15) is 0 Å². The third-order valence-corrected chi connectivity index (χ3v) is 2.14. The largest absolute Gasteiger partial charge is 0.493 e. The molecular weight excluding hydrogens is 180 g/mol. The molecule has 1 aromatic heterocycles. The van der Waals surface area contributed by atoms with Gasteiger partial charge in [0, 0.05) is 11.8 Å². The Morgan fingerprint density at radius 3 is 3.07 bits per heavy atom. The number of fused-ring (bicyclic) bond motifs is 1. The van der Waals surface area contributed by atoms with Crippen molar-refractivity contribution in [3.05, 3.63) is 23.9 Å². The maximum absolute atomic E-state index is 5.47. The maximum Gasteiger partial charge on any atom is 0.208 e. The van der Waals surface area contributed by atoms with E-state index in [2.05, 4.69) is 5.16 Å². The highest BCUT2D eigenvalue weighted by Crippen LogP contribution is 2.27. The van der Waals surface area contributed by atoms with Crippen LogP contribution in [0.25, 0.3) is 11.0 Å². The van der Waals surface area contributed by atoms with E-state index in [1.54, 1.807) is 7.11 Å². The van der Waals surface area contributed by atoms with Crippen LogP contribution in [0.3, 0.4) is 0 Å². The van der Waals surface area contributed by atoms with Gasteiger partial charge in [-0.1, -0.05) is 11.2 Å². The minimum Gasteiger partial charge on any atom is -0.493 e. The fourth-order valence-corrected chi connectivity index (χ4v) is 1.46. The summed E-state index contributed by atoms with van der Waals surface area (Å²) in [6.45, 7) is 0.568. The number of rotatable bonds is 3. The zero-order valence-corrected chi connectivity index (χ0v) is 7.99. The number of ether oxygens (including phenoxy) is 1. The summed E-state index contributed by atoms with van der Waals surface area (Å²) in [5, 5.41) is 4.94. The monoisotopic (exact) mass is 192 g/mol. The standard InChI is InChI=1S/C10H12N2O2/c1-13-9-4-2-3-7-8(5-6-11)12-14-10(7)9/h2-4H,5-6,11H2,1H3. The quantitative estimate of drug-likeness (QED) is 0.797. The first-order valence-corrected chi connectivity index (χ1v) is 4.48. The molecular formula is C10H12N2O2. The molecule has 74 valence electrons. The Bertz CT molecular complexity index is 437. The Morgan fingerprint density at radius 1 is 1.50 bits per heavy atom. The zero-order valence-electron chi connectivity index (χ0n) is 7.99. The number of nitrogens with zero attached hydrogens (tertiary/aromatic N) is 1. The molecule has 2 aromatic rings. The molecule has 0 saturated heterocycles. The van der Waals surface area contributed by atoms with Crippen molar-refractivity contribution in [3.63, 3.8) is 0 Å². The van der Waals surface area contributed by atoms with E-state index in [4.69, 9.17) is 15.0 Å². The summed E-state index contributed by atoms with van der Waals surface area (Å²) in [4.78, 5) is 0. The van der Waals surface area contributed by atoms with Gasteiger partial charge in [-0.15, -0.1) is 0 Å². The Balaban J connectivity index is 2.57. The van der Waals surface area contributed by atoms with Gasteiger partial charge in [0.25, 0.3) is 0 Å². The fraction of sp³-hybridized carbons (Fsp3) is 0.300. The molecule has 0 spiro atoms. The van der Waals surface area contributed by atoms with Crippen LogP contribution in [0.2, 0.25) is 0 Å². The molecule has 14 heavy (non-hydrogen) atoms. The van der Waals surface area contributed by atoms with Gasteiger partial charge in [0.05, 0.1) is 12.8 Å². The van der Waals surface area contributed by atoms with Crippen molar-refractivity contribution in [2.45, 2.75) is 6.42 Å². The molecule has 0 amide bonds. The lowest BCUT2D eigenvalue weighted by Crippen LogP contribution is -2.02. The van der Waals surface area contributed by atoms with E-state index in [0.29, 0.717) is 17.9 Å². The second-order valence-electron chi connectivity index (χ2n) is 3.00. The maximum atomic E-state index is 5.47. The topological polar surface area (TPSA) is 61.3 Å². The normalized spacial score (nSPS) is 10.7. The molecule has 0 atom stereocenters. The van der Waals surface area contributed by atoms with Gasteiger partial charge in [-0.05, 0) is 18.7 Å². The highest BCUT2D eigenvalue weighted by Gasteiger charge is 2.10. The summed E-state index contributed by atoms with van der Waals surface area (Å²) in [7, 11) is 1.61. The molecule has 1 aromatic carbocycles. The van der Waals surface area contributed by atoms with Gasteiger partial charge in [0.2, 0.25) is 5.58 Å². The average molecular weight is 192 g/mol. The van der Waals surface area contributed by atoms with Crippen LogP contribution in [-0.4, -0.2) is 18.8 Å². The van der Waals surface area contributed by atoms with Crippen molar-refractivity contribution < 1.29 is 9.26 Å². The summed E-state index contributed by atoms with van der Waals surface area (Å²) in [6, 6.07) is 5.72. The van der Waals surface area contributed by atoms with Gasteiger partial charge >= 0.3 is 0 Å². The highest BCUT2D eigenvalue weighted by atomic mass is 16.5. The molecule has 4 nitrogen and oxygen atoms in total. The van der Waals surface area contributed by atoms with Crippen LogP contribution < -0.4 is 10.5 Å². The number of nitrogens with two attached hydrogens (primary N) is 1. The predicted octanol–water partition coefficient (Wildman–Crippen LogP) is 1.34. The number of para-hydroxylation sites is 1. The third kappa shape index (κ3) is 1.33. The van der Waals surface area contributed by atoms with Crippen LogP contribution >= 0.6 is 0 Å². The molecule has 1 heterocycles. The van der Waals surface area contributed by atoms with Crippen LogP contribution in [0.4, 0.5) is 0 Å². The number of hydrogen-bond donors (Lipinski definition) is 1. The summed E-state index contributed by atoms with van der Waals surface area (Å²) in [6.07, 6.45) is 0.722. The lowest BCUT2D eigenvalue weighted by molar-refractivity contribution is 0.391. The summed E-state index contributed by atoms with van der Waals surface area (Å²) in [5.74, 6) is 0.707. The van der Waals surface area contributed by atoms with E-state index in [0.717, 1.165) is 17.5 Å². The molecule has 0 aliphatic rings. The van der Waals surface area contributed by atoms with Crippen molar-refractivity contribution in [1.29, 1.82) is 0 Å². The van der Waals surface area contributed by atoms with Crippen molar-refractivity contribution in [2.24, 2.45) is 5.73 Å². The molecule has 2 rings (SSSR count). The first-order chi connectivity index (χ1) is 6.86. The fourth-order valence-electron chi connectivity index (χ4n) is 1.46. The molecule has 0 aliphatic carbocycles. The van der Waals surface area contributed by atoms with Crippen molar-refractivity contribution >= 4 is 11.0 Å². The number of benzene rings is 1. The Morgan fingerprint density at radius 2 is 2.36 bits per heavy atom. The third-order valence-electron chi connectivity index (χ3n) is 2.14. The lowest BCUT2D eigenvalue weighted by Gasteiger charge is -1.98. The van der Waals surface area contributed by atoms with Crippen molar-refractivity contribution in [3.8, 4) is 5.75 Å². The smallest absolute Gasteiger partial charge is 0.208 e. The molecule has 0 bridgehead atoms. The Labute approximate surface area is 81.6 Å². The minimum atomic E-state index is 0.568. The Kier molecular flexibility index (Phi) is 2.37. The molecule has 2 N–H and O–H groups in total. The van der Waals surface area contributed by atoms with E-state index in [-0.39, 0.29) is 0 Å². The number of aromatic nitrogens is 1. The van der Waals surface area contributed by atoms with Crippen molar-refractivity contribution in [1.82, 2.24) is 5.16 Å². The second-order valence-corrected chi connectivity index (χ2v) is 3.00. The Hall–Kier alpha value is -1.55. The first kappa shape index (κ1) is 9.02. The van der Waals surface area contributed by atoms with Crippen LogP contribution in [0.1, 0.15) is 5.69 Å². The molecule has 0 aliphatic heterocycles. The van der Waals surface area contributed by atoms with Crippen LogP contribution in [0, 0.1) is 0 Å². The zero-order chi connectivity index (χ0) is 9.97.